The maximum Gasteiger partial charge on any atom is 0.331 e. The molecule has 2 rings (SSSR count). The SMILES string of the molecule is COC(=O)C1(Nc2ccc(Cl)cc2)CCCC1. The number of nitrogens with one attached hydrogen (secondary N) is 1. The highest BCUT2D eigenvalue weighted by molar-refractivity contribution is 6.30. The van der Waals surface area contributed by atoms with E-state index < -0.39 is 5.54 Å². The fraction of sp³-hybridized carbons (Fsp3) is 0.462. The van der Waals surface area contributed by atoms with E-state index in [4.69, 9.17) is 16.3 Å². The molecule has 17 heavy (non-hydrogen) atoms. The Morgan fingerprint density at radius 1 is 1.29 bits per heavy atom. The second-order valence-corrected chi connectivity index (χ2v) is 4.85. The van der Waals surface area contributed by atoms with Gasteiger partial charge in [0.15, 0.2) is 0 Å². The predicted molar refractivity (Wildman–Crippen MR) is 68.3 cm³/mol. The number of esters is 1. The van der Waals surface area contributed by atoms with Gasteiger partial charge in [0.05, 0.1) is 7.11 Å². The zero-order chi connectivity index (χ0) is 12.3. The molecule has 1 aromatic carbocycles. The predicted octanol–water partition coefficient (Wildman–Crippen LogP) is 3.24. The highest BCUT2D eigenvalue weighted by atomic mass is 35.5. The normalized spacial score (nSPS) is 17.8. The van der Waals surface area contributed by atoms with Crippen LogP contribution in [0.3, 0.4) is 0 Å². The maximum atomic E-state index is 11.9. The van der Waals surface area contributed by atoms with Crippen molar-refractivity contribution in [1.29, 1.82) is 0 Å². The molecule has 0 bridgehead atoms. The van der Waals surface area contributed by atoms with Gasteiger partial charge in [-0.2, -0.15) is 0 Å². The van der Waals surface area contributed by atoms with Crippen LogP contribution < -0.4 is 5.32 Å². The largest absolute Gasteiger partial charge is 0.467 e. The van der Waals surface area contributed by atoms with Crippen LogP contribution in [0.15, 0.2) is 24.3 Å². The van der Waals surface area contributed by atoms with Crippen LogP contribution >= 0.6 is 11.6 Å². The summed E-state index contributed by atoms with van der Waals surface area (Å²) in [6.45, 7) is 0. The number of hydrogen-bond donors (Lipinski definition) is 1. The van der Waals surface area contributed by atoms with E-state index in [9.17, 15) is 4.79 Å². The molecule has 1 saturated carbocycles. The lowest BCUT2D eigenvalue weighted by molar-refractivity contribution is -0.145. The minimum atomic E-state index is -0.553. The lowest BCUT2D eigenvalue weighted by atomic mass is 9.97. The zero-order valence-electron chi connectivity index (χ0n) is 9.83. The van der Waals surface area contributed by atoms with E-state index in [0.717, 1.165) is 31.4 Å². The van der Waals surface area contributed by atoms with Gasteiger partial charge in [0, 0.05) is 10.7 Å². The molecular weight excluding hydrogens is 238 g/mol. The number of rotatable bonds is 3. The summed E-state index contributed by atoms with van der Waals surface area (Å²) in [6.07, 6.45) is 3.75. The molecule has 0 unspecified atom stereocenters. The van der Waals surface area contributed by atoms with Gasteiger partial charge in [-0.15, -0.1) is 0 Å². The van der Waals surface area contributed by atoms with Crippen molar-refractivity contribution in [2.24, 2.45) is 0 Å². The van der Waals surface area contributed by atoms with E-state index in [1.165, 1.54) is 7.11 Å². The summed E-state index contributed by atoms with van der Waals surface area (Å²) in [7, 11) is 1.44. The minimum absolute atomic E-state index is 0.176. The van der Waals surface area contributed by atoms with Crippen molar-refractivity contribution in [1.82, 2.24) is 0 Å². The highest BCUT2D eigenvalue weighted by Crippen LogP contribution is 2.34. The number of anilines is 1. The topological polar surface area (TPSA) is 38.3 Å². The van der Waals surface area contributed by atoms with Gasteiger partial charge in [0.25, 0.3) is 0 Å². The van der Waals surface area contributed by atoms with Crippen LogP contribution in [0.2, 0.25) is 5.02 Å². The number of carbonyl (C=O) groups excluding carboxylic acids is 1. The number of hydrogen-bond acceptors (Lipinski definition) is 3. The summed E-state index contributed by atoms with van der Waals surface area (Å²) in [4.78, 5) is 11.9. The number of ether oxygens (including phenoxy) is 1. The Hall–Kier alpha value is -1.22. The number of halogens is 1. The van der Waals surface area contributed by atoms with Crippen LogP contribution in [-0.4, -0.2) is 18.6 Å². The summed E-state index contributed by atoms with van der Waals surface area (Å²) in [5.74, 6) is -0.176. The third-order valence-electron chi connectivity index (χ3n) is 3.26. The second-order valence-electron chi connectivity index (χ2n) is 4.41. The van der Waals surface area contributed by atoms with E-state index in [-0.39, 0.29) is 5.97 Å². The molecule has 0 heterocycles. The summed E-state index contributed by atoms with van der Waals surface area (Å²) in [5, 5.41) is 3.99. The highest BCUT2D eigenvalue weighted by Gasteiger charge is 2.42. The summed E-state index contributed by atoms with van der Waals surface area (Å²) >= 11 is 5.83. The van der Waals surface area contributed by atoms with Crippen LogP contribution in [-0.2, 0) is 9.53 Å². The first-order valence-electron chi connectivity index (χ1n) is 5.78. The quantitative estimate of drug-likeness (QED) is 0.841. The van der Waals surface area contributed by atoms with Gasteiger partial charge in [0.1, 0.15) is 5.54 Å². The number of methoxy groups -OCH3 is 1. The van der Waals surface area contributed by atoms with Gasteiger partial charge in [-0.1, -0.05) is 24.4 Å². The van der Waals surface area contributed by atoms with Crippen LogP contribution in [0, 0.1) is 0 Å². The fourth-order valence-electron chi connectivity index (χ4n) is 2.36. The molecule has 0 atom stereocenters. The van der Waals surface area contributed by atoms with Crippen molar-refractivity contribution in [3.8, 4) is 0 Å². The monoisotopic (exact) mass is 253 g/mol. The zero-order valence-corrected chi connectivity index (χ0v) is 10.6. The van der Waals surface area contributed by atoms with Crippen molar-refractivity contribution < 1.29 is 9.53 Å². The van der Waals surface area contributed by atoms with Crippen LogP contribution in [0.1, 0.15) is 25.7 Å². The summed E-state index contributed by atoms with van der Waals surface area (Å²) in [6, 6.07) is 7.38. The van der Waals surface area contributed by atoms with E-state index in [1.807, 2.05) is 24.3 Å². The van der Waals surface area contributed by atoms with Crippen LogP contribution in [0.4, 0.5) is 5.69 Å². The first-order valence-corrected chi connectivity index (χ1v) is 6.16. The van der Waals surface area contributed by atoms with Crippen molar-refractivity contribution >= 4 is 23.3 Å². The molecule has 0 aliphatic heterocycles. The van der Waals surface area contributed by atoms with E-state index in [0.29, 0.717) is 5.02 Å². The first-order chi connectivity index (χ1) is 8.16. The van der Waals surface area contributed by atoms with Gasteiger partial charge >= 0.3 is 5.97 Å². The fourth-order valence-corrected chi connectivity index (χ4v) is 2.49. The Bertz CT molecular complexity index is 396. The van der Waals surface area contributed by atoms with Gasteiger partial charge in [-0.3, -0.25) is 0 Å². The Morgan fingerprint density at radius 3 is 2.41 bits per heavy atom. The molecule has 1 aromatic rings. The molecule has 3 nitrogen and oxygen atoms in total. The van der Waals surface area contributed by atoms with Crippen LogP contribution in [0.25, 0.3) is 0 Å². The van der Waals surface area contributed by atoms with Crippen molar-refractivity contribution in [3.05, 3.63) is 29.3 Å². The molecule has 0 saturated heterocycles. The standard InChI is InChI=1S/C13H16ClNO2/c1-17-12(16)13(8-2-3-9-13)15-11-6-4-10(14)5-7-11/h4-7,15H,2-3,8-9H2,1H3. The third-order valence-corrected chi connectivity index (χ3v) is 3.51. The average molecular weight is 254 g/mol. The van der Waals surface area contributed by atoms with Gasteiger partial charge in [-0.25, -0.2) is 4.79 Å². The maximum absolute atomic E-state index is 11.9. The molecule has 1 aliphatic carbocycles. The lowest BCUT2D eigenvalue weighted by Crippen LogP contribution is -2.44. The van der Waals surface area contributed by atoms with Crippen molar-refractivity contribution in [2.75, 3.05) is 12.4 Å². The van der Waals surface area contributed by atoms with E-state index >= 15 is 0 Å². The molecule has 1 N–H and O–H groups in total. The average Bonchev–Trinajstić information content (AvgIpc) is 2.81. The molecule has 4 heteroatoms. The van der Waals surface area contributed by atoms with Crippen molar-refractivity contribution in [3.63, 3.8) is 0 Å². The molecule has 92 valence electrons. The Kier molecular flexibility index (Phi) is 3.57. The summed E-state index contributed by atoms with van der Waals surface area (Å²) in [5.41, 5.74) is 0.351. The second kappa shape index (κ2) is 4.96. The van der Waals surface area contributed by atoms with E-state index in [1.54, 1.807) is 0 Å². The first kappa shape index (κ1) is 12.2. The van der Waals surface area contributed by atoms with E-state index in [2.05, 4.69) is 5.32 Å². The Balaban J connectivity index is 2.18. The molecule has 0 spiro atoms. The molecule has 1 aliphatic rings. The molecular formula is C13H16ClNO2. The van der Waals surface area contributed by atoms with Gasteiger partial charge in [0.2, 0.25) is 0 Å². The number of benzene rings is 1. The molecule has 0 radical (unpaired) electrons. The molecule has 0 aromatic heterocycles. The number of carbonyl (C=O) groups is 1. The van der Waals surface area contributed by atoms with Gasteiger partial charge in [-0.05, 0) is 37.1 Å². The van der Waals surface area contributed by atoms with Crippen LogP contribution in [0.5, 0.6) is 0 Å². The molecule has 0 amide bonds. The minimum Gasteiger partial charge on any atom is -0.467 e. The smallest absolute Gasteiger partial charge is 0.331 e. The van der Waals surface area contributed by atoms with Crippen molar-refractivity contribution in [2.45, 2.75) is 31.2 Å². The Labute approximate surface area is 106 Å². The molecule has 1 fully saturated rings. The Morgan fingerprint density at radius 2 is 1.88 bits per heavy atom. The lowest BCUT2D eigenvalue weighted by Gasteiger charge is -2.28. The van der Waals surface area contributed by atoms with Gasteiger partial charge < -0.3 is 10.1 Å². The summed E-state index contributed by atoms with van der Waals surface area (Å²) < 4.78 is 4.91. The third kappa shape index (κ3) is 2.55.